The van der Waals surface area contributed by atoms with E-state index in [1.54, 1.807) is 0 Å². The third kappa shape index (κ3) is 8.50. The normalized spacial score (nSPS) is 14.7. The van der Waals surface area contributed by atoms with Crippen LogP contribution in [0, 0.1) is 5.92 Å². The topological polar surface area (TPSA) is 0 Å². The molecular formula is C12H25P. The van der Waals surface area contributed by atoms with Gasteiger partial charge in [0.1, 0.15) is 0 Å². The van der Waals surface area contributed by atoms with Crippen molar-refractivity contribution in [2.45, 2.75) is 46.0 Å². The van der Waals surface area contributed by atoms with Gasteiger partial charge >= 0.3 is 0 Å². The largest absolute Gasteiger partial charge is 0.125 e. The maximum Gasteiger partial charge on any atom is -0.0236 e. The van der Waals surface area contributed by atoms with E-state index < -0.39 is 0 Å². The highest BCUT2D eigenvalue weighted by Gasteiger charge is 1.99. The van der Waals surface area contributed by atoms with Gasteiger partial charge in [-0.05, 0) is 44.4 Å². The smallest absolute Gasteiger partial charge is 0.0236 e. The fraction of sp³-hybridized carbons (Fsp3) is 0.833. The summed E-state index contributed by atoms with van der Waals surface area (Å²) in [6.07, 6.45) is 12.9. The van der Waals surface area contributed by atoms with Crippen molar-refractivity contribution in [1.82, 2.24) is 0 Å². The minimum atomic E-state index is 0.850. The Morgan fingerprint density at radius 2 is 2.08 bits per heavy atom. The first kappa shape index (κ1) is 13.2. The molecule has 0 fully saturated rings. The molecule has 0 rings (SSSR count). The SMILES string of the molecule is CCCC=CC(CC)CCCPC. The molecule has 13 heavy (non-hydrogen) atoms. The summed E-state index contributed by atoms with van der Waals surface area (Å²) in [5.74, 6) is 0.850. The van der Waals surface area contributed by atoms with Crippen molar-refractivity contribution in [3.8, 4) is 0 Å². The molecule has 0 bridgehead atoms. The van der Waals surface area contributed by atoms with Crippen molar-refractivity contribution in [2.75, 3.05) is 12.8 Å². The lowest BCUT2D eigenvalue weighted by Crippen LogP contribution is -1.94. The third-order valence-electron chi connectivity index (χ3n) is 2.39. The summed E-state index contributed by atoms with van der Waals surface area (Å²) in [6.45, 7) is 6.84. The zero-order chi connectivity index (χ0) is 9.94. The first-order chi connectivity index (χ1) is 6.35. The number of rotatable bonds is 8. The van der Waals surface area contributed by atoms with E-state index in [1.807, 2.05) is 0 Å². The molecule has 0 nitrogen and oxygen atoms in total. The second-order valence-corrected chi connectivity index (χ2v) is 4.84. The van der Waals surface area contributed by atoms with Gasteiger partial charge in [0, 0.05) is 0 Å². The van der Waals surface area contributed by atoms with E-state index in [1.165, 1.54) is 38.3 Å². The highest BCUT2D eigenvalue weighted by atomic mass is 31.1. The third-order valence-corrected chi connectivity index (χ3v) is 3.24. The van der Waals surface area contributed by atoms with Crippen molar-refractivity contribution in [3.05, 3.63) is 12.2 Å². The second kappa shape index (κ2) is 10.3. The van der Waals surface area contributed by atoms with Crippen LogP contribution in [-0.2, 0) is 0 Å². The van der Waals surface area contributed by atoms with E-state index in [0.717, 1.165) is 14.5 Å². The predicted molar refractivity (Wildman–Crippen MR) is 66.2 cm³/mol. The zero-order valence-corrected chi connectivity index (χ0v) is 10.5. The van der Waals surface area contributed by atoms with Gasteiger partial charge in [-0.1, -0.05) is 32.4 Å². The molecule has 2 unspecified atom stereocenters. The van der Waals surface area contributed by atoms with Crippen molar-refractivity contribution in [3.63, 3.8) is 0 Å². The standard InChI is InChI=1S/C12H25P/c1-4-6-7-9-12(5-2)10-8-11-13-3/h7,9,12-13H,4-6,8,10-11H2,1-3H3. The highest BCUT2D eigenvalue weighted by Crippen LogP contribution is 2.16. The maximum absolute atomic E-state index is 2.43. The van der Waals surface area contributed by atoms with Gasteiger partial charge in [0.25, 0.3) is 0 Å². The van der Waals surface area contributed by atoms with Crippen LogP contribution in [0.25, 0.3) is 0 Å². The van der Waals surface area contributed by atoms with Gasteiger partial charge in [-0.25, -0.2) is 0 Å². The molecule has 0 spiro atoms. The Balaban J connectivity index is 3.50. The average molecular weight is 200 g/mol. The Hall–Kier alpha value is 0.170. The summed E-state index contributed by atoms with van der Waals surface area (Å²) >= 11 is 0. The Bertz CT molecular complexity index is 118. The van der Waals surface area contributed by atoms with E-state index in [2.05, 4.69) is 32.7 Å². The van der Waals surface area contributed by atoms with Crippen LogP contribution in [0.2, 0.25) is 0 Å². The summed E-state index contributed by atoms with van der Waals surface area (Å²) in [7, 11) is 1.14. The quantitative estimate of drug-likeness (QED) is 0.308. The molecular weight excluding hydrogens is 175 g/mol. The van der Waals surface area contributed by atoms with Crippen molar-refractivity contribution < 1.29 is 0 Å². The Kier molecular flexibility index (Phi) is 10.4. The van der Waals surface area contributed by atoms with Crippen LogP contribution in [0.5, 0.6) is 0 Å². The molecule has 0 aromatic rings. The van der Waals surface area contributed by atoms with Crippen LogP contribution >= 0.6 is 8.58 Å². The Morgan fingerprint density at radius 3 is 2.62 bits per heavy atom. The van der Waals surface area contributed by atoms with Crippen LogP contribution in [0.15, 0.2) is 12.2 Å². The van der Waals surface area contributed by atoms with Crippen LogP contribution in [0.4, 0.5) is 0 Å². The molecule has 0 amide bonds. The molecule has 2 atom stereocenters. The molecule has 0 aliphatic rings. The number of unbranched alkanes of at least 4 members (excludes halogenated alkanes) is 1. The lowest BCUT2D eigenvalue weighted by atomic mass is 10.00. The van der Waals surface area contributed by atoms with Crippen LogP contribution in [0.3, 0.4) is 0 Å². The fourth-order valence-corrected chi connectivity index (χ4v) is 1.99. The van der Waals surface area contributed by atoms with Crippen LogP contribution in [0.1, 0.15) is 46.0 Å². The van der Waals surface area contributed by atoms with Gasteiger partial charge in [-0.2, -0.15) is 0 Å². The van der Waals surface area contributed by atoms with Crippen molar-refractivity contribution in [1.29, 1.82) is 0 Å². The molecule has 0 radical (unpaired) electrons. The molecule has 78 valence electrons. The van der Waals surface area contributed by atoms with Crippen LogP contribution < -0.4 is 0 Å². The average Bonchev–Trinajstić information content (AvgIpc) is 2.16. The maximum atomic E-state index is 2.43. The Labute approximate surface area is 86.0 Å². The van der Waals surface area contributed by atoms with Crippen LogP contribution in [-0.4, -0.2) is 12.8 Å². The highest BCUT2D eigenvalue weighted by molar-refractivity contribution is 7.36. The molecule has 0 saturated heterocycles. The minimum absolute atomic E-state index is 0.850. The molecule has 0 heterocycles. The number of hydrogen-bond donors (Lipinski definition) is 0. The van der Waals surface area contributed by atoms with Gasteiger partial charge in [0.15, 0.2) is 0 Å². The van der Waals surface area contributed by atoms with Gasteiger partial charge < -0.3 is 0 Å². The van der Waals surface area contributed by atoms with Crippen molar-refractivity contribution >= 4 is 8.58 Å². The monoisotopic (exact) mass is 200 g/mol. The summed E-state index contributed by atoms with van der Waals surface area (Å²) in [6, 6.07) is 0. The molecule has 0 aliphatic carbocycles. The van der Waals surface area contributed by atoms with E-state index >= 15 is 0 Å². The lowest BCUT2D eigenvalue weighted by molar-refractivity contribution is 0.564. The van der Waals surface area contributed by atoms with E-state index in [4.69, 9.17) is 0 Å². The lowest BCUT2D eigenvalue weighted by Gasteiger charge is -2.08. The minimum Gasteiger partial charge on any atom is -0.125 e. The van der Waals surface area contributed by atoms with Gasteiger partial charge in [-0.3, -0.25) is 0 Å². The summed E-state index contributed by atoms with van der Waals surface area (Å²) in [5.41, 5.74) is 0. The first-order valence-corrected chi connectivity index (χ1v) is 7.37. The van der Waals surface area contributed by atoms with Crippen molar-refractivity contribution in [2.24, 2.45) is 5.92 Å². The van der Waals surface area contributed by atoms with E-state index in [0.29, 0.717) is 0 Å². The number of hydrogen-bond acceptors (Lipinski definition) is 0. The molecule has 0 aromatic heterocycles. The fourth-order valence-electron chi connectivity index (χ4n) is 1.43. The Morgan fingerprint density at radius 1 is 1.31 bits per heavy atom. The summed E-state index contributed by atoms with van der Waals surface area (Å²) < 4.78 is 0. The van der Waals surface area contributed by atoms with Gasteiger partial charge in [-0.15, -0.1) is 8.58 Å². The first-order valence-electron chi connectivity index (χ1n) is 5.66. The van der Waals surface area contributed by atoms with Gasteiger partial charge in [0.05, 0.1) is 0 Å². The van der Waals surface area contributed by atoms with Gasteiger partial charge in [0.2, 0.25) is 0 Å². The van der Waals surface area contributed by atoms with E-state index in [-0.39, 0.29) is 0 Å². The van der Waals surface area contributed by atoms with E-state index in [9.17, 15) is 0 Å². The molecule has 0 N–H and O–H groups in total. The second-order valence-electron chi connectivity index (χ2n) is 3.63. The molecule has 0 aromatic carbocycles. The molecule has 0 saturated carbocycles. The predicted octanol–water partition coefficient (Wildman–Crippen LogP) is 4.46. The summed E-state index contributed by atoms with van der Waals surface area (Å²) in [4.78, 5) is 0. The zero-order valence-electron chi connectivity index (χ0n) is 9.47. The molecule has 1 heteroatoms. The number of allylic oxidation sites excluding steroid dienone is 2. The summed E-state index contributed by atoms with van der Waals surface area (Å²) in [5, 5.41) is 0. The molecule has 0 aliphatic heterocycles.